The molecule has 4 heterocycles. The van der Waals surface area contributed by atoms with Gasteiger partial charge in [0.25, 0.3) is 0 Å². The Hall–Kier alpha value is -3.95. The van der Waals surface area contributed by atoms with Crippen LogP contribution in [0, 0.1) is 12.7 Å². The summed E-state index contributed by atoms with van der Waals surface area (Å²) in [4.78, 5) is 10.7. The minimum absolute atomic E-state index is 0.350. The summed E-state index contributed by atoms with van der Waals surface area (Å²) in [5.41, 5.74) is 3.50. The summed E-state index contributed by atoms with van der Waals surface area (Å²) in [6, 6.07) is 1.78. The molecule has 4 aromatic heterocycles. The van der Waals surface area contributed by atoms with Crippen molar-refractivity contribution >= 4 is 33.9 Å². The van der Waals surface area contributed by atoms with Crippen molar-refractivity contribution in [3.8, 4) is 11.3 Å². The van der Waals surface area contributed by atoms with Crippen molar-refractivity contribution < 1.29 is 4.39 Å². The van der Waals surface area contributed by atoms with Crippen molar-refractivity contribution in [1.82, 2.24) is 34.8 Å². The predicted octanol–water partition coefficient (Wildman–Crippen LogP) is 3.25. The summed E-state index contributed by atoms with van der Waals surface area (Å²) in [5.74, 6) is 1.05. The average Bonchev–Trinajstić information content (AvgIpc) is 3.48. The number of nitrogens with one attached hydrogen (secondary N) is 3. The molecular formula is C19H18FN9. The van der Waals surface area contributed by atoms with Crippen LogP contribution in [0.15, 0.2) is 37.1 Å². The lowest BCUT2D eigenvalue weighted by Crippen LogP contribution is -2.14. The number of imidazole rings is 1. The van der Waals surface area contributed by atoms with E-state index in [4.69, 9.17) is 0 Å². The molecule has 0 amide bonds. The fourth-order valence-corrected chi connectivity index (χ4v) is 3.60. The highest BCUT2D eigenvalue weighted by molar-refractivity contribution is 6.03. The van der Waals surface area contributed by atoms with E-state index in [1.165, 1.54) is 0 Å². The summed E-state index contributed by atoms with van der Waals surface area (Å²) in [7, 11) is 3.58. The van der Waals surface area contributed by atoms with E-state index >= 15 is 4.39 Å². The highest BCUT2D eigenvalue weighted by atomic mass is 19.1. The molecule has 0 unspecified atom stereocenters. The van der Waals surface area contributed by atoms with Crippen molar-refractivity contribution in [2.24, 2.45) is 0 Å². The molecule has 1 aromatic carbocycles. The Labute approximate surface area is 164 Å². The van der Waals surface area contributed by atoms with Gasteiger partial charge in [0.05, 0.1) is 36.0 Å². The molecular weight excluding hydrogens is 373 g/mol. The molecule has 0 bridgehead atoms. The number of nitrogens with zero attached hydrogens (tertiary/aromatic N) is 6. The van der Waals surface area contributed by atoms with E-state index in [9.17, 15) is 0 Å². The van der Waals surface area contributed by atoms with Crippen molar-refractivity contribution in [1.29, 1.82) is 0 Å². The van der Waals surface area contributed by atoms with Crippen LogP contribution < -0.4 is 10.2 Å². The minimum atomic E-state index is -0.350. The summed E-state index contributed by atoms with van der Waals surface area (Å²) in [6.07, 6.45) is 8.69. The number of hydrogen-bond donors (Lipinski definition) is 3. The van der Waals surface area contributed by atoms with Crippen molar-refractivity contribution in [3.05, 3.63) is 48.4 Å². The number of halogens is 1. The fraction of sp³-hybridized carbons (Fsp3) is 0.158. The molecule has 0 saturated heterocycles. The van der Waals surface area contributed by atoms with Crippen LogP contribution in [-0.2, 0) is 0 Å². The van der Waals surface area contributed by atoms with Crippen LogP contribution in [0.25, 0.3) is 27.8 Å². The van der Waals surface area contributed by atoms with E-state index < -0.39 is 0 Å². The minimum Gasteiger partial charge on any atom is -0.372 e. The highest BCUT2D eigenvalue weighted by Crippen LogP contribution is 2.40. The molecule has 9 nitrogen and oxygen atoms in total. The number of aromatic amines is 2. The highest BCUT2D eigenvalue weighted by Gasteiger charge is 2.24. The van der Waals surface area contributed by atoms with Crippen molar-refractivity contribution in [3.63, 3.8) is 0 Å². The molecule has 5 aromatic rings. The summed E-state index contributed by atoms with van der Waals surface area (Å²) in [6.45, 7) is 1.75. The Bertz CT molecular complexity index is 1330. The number of hydrogen-bond acceptors (Lipinski definition) is 6. The maximum absolute atomic E-state index is 15.6. The molecule has 29 heavy (non-hydrogen) atoms. The SMILES string of the molecule is CNc1cn2cc(-c3c(C)c(F)c(N(C)c4ccn[nH]4)c4[nH]ncc34)ncc2n1. The molecule has 5 rings (SSSR count). The summed E-state index contributed by atoms with van der Waals surface area (Å²) >= 11 is 0. The molecule has 0 atom stereocenters. The lowest BCUT2D eigenvalue weighted by Gasteiger charge is -2.21. The van der Waals surface area contributed by atoms with Gasteiger partial charge in [0.15, 0.2) is 11.5 Å². The maximum atomic E-state index is 15.6. The first kappa shape index (κ1) is 17.2. The Balaban J connectivity index is 1.75. The third kappa shape index (κ3) is 2.53. The number of fused-ring (bicyclic) bond motifs is 2. The quantitative estimate of drug-likeness (QED) is 0.435. The Morgan fingerprint density at radius 1 is 1.17 bits per heavy atom. The third-order valence-electron chi connectivity index (χ3n) is 5.09. The van der Waals surface area contributed by atoms with Gasteiger partial charge in [0.2, 0.25) is 0 Å². The van der Waals surface area contributed by atoms with Crippen LogP contribution >= 0.6 is 0 Å². The van der Waals surface area contributed by atoms with Crippen LogP contribution in [0.1, 0.15) is 5.56 Å². The normalized spacial score (nSPS) is 11.4. The zero-order valence-electron chi connectivity index (χ0n) is 16.0. The number of aromatic nitrogens is 7. The number of anilines is 3. The van der Waals surface area contributed by atoms with Crippen LogP contribution in [-0.4, -0.2) is 48.9 Å². The van der Waals surface area contributed by atoms with E-state index in [-0.39, 0.29) is 5.82 Å². The van der Waals surface area contributed by atoms with E-state index in [2.05, 4.69) is 35.7 Å². The zero-order chi connectivity index (χ0) is 20.1. The summed E-state index contributed by atoms with van der Waals surface area (Å²) < 4.78 is 17.5. The van der Waals surface area contributed by atoms with Crippen LogP contribution in [0.4, 0.5) is 21.7 Å². The zero-order valence-corrected chi connectivity index (χ0v) is 16.0. The maximum Gasteiger partial charge on any atom is 0.157 e. The van der Waals surface area contributed by atoms with E-state index in [1.807, 2.05) is 16.8 Å². The lowest BCUT2D eigenvalue weighted by molar-refractivity contribution is 0.620. The average molecular weight is 391 g/mol. The topological polar surface area (TPSA) is 103 Å². The predicted molar refractivity (Wildman–Crippen MR) is 109 cm³/mol. The molecule has 0 fully saturated rings. The smallest absolute Gasteiger partial charge is 0.157 e. The first-order valence-electron chi connectivity index (χ1n) is 8.99. The van der Waals surface area contributed by atoms with Gasteiger partial charge >= 0.3 is 0 Å². The summed E-state index contributed by atoms with van der Waals surface area (Å²) in [5, 5.41) is 17.7. The van der Waals surface area contributed by atoms with E-state index in [0.29, 0.717) is 39.5 Å². The van der Waals surface area contributed by atoms with Crippen molar-refractivity contribution in [2.45, 2.75) is 6.92 Å². The van der Waals surface area contributed by atoms with Gasteiger partial charge in [-0.1, -0.05) is 0 Å². The van der Waals surface area contributed by atoms with Crippen molar-refractivity contribution in [2.75, 3.05) is 24.3 Å². The molecule has 3 N–H and O–H groups in total. The van der Waals surface area contributed by atoms with Crippen LogP contribution in [0.3, 0.4) is 0 Å². The van der Waals surface area contributed by atoms with Gasteiger partial charge in [-0.25, -0.2) is 9.37 Å². The number of rotatable bonds is 4. The second kappa shape index (κ2) is 6.30. The third-order valence-corrected chi connectivity index (χ3v) is 5.09. The van der Waals surface area contributed by atoms with Gasteiger partial charge in [-0.2, -0.15) is 10.2 Å². The van der Waals surface area contributed by atoms with Gasteiger partial charge < -0.3 is 14.6 Å². The van der Waals surface area contributed by atoms with Gasteiger partial charge in [-0.3, -0.25) is 15.2 Å². The van der Waals surface area contributed by atoms with Gasteiger partial charge in [-0.05, 0) is 12.5 Å². The van der Waals surface area contributed by atoms with E-state index in [1.54, 1.807) is 50.6 Å². The Kier molecular flexibility index (Phi) is 3.73. The second-order valence-electron chi connectivity index (χ2n) is 6.74. The largest absolute Gasteiger partial charge is 0.372 e. The first-order chi connectivity index (χ1) is 14.1. The molecule has 0 aliphatic carbocycles. The molecule has 10 heteroatoms. The van der Waals surface area contributed by atoms with Gasteiger partial charge in [0.1, 0.15) is 17.3 Å². The lowest BCUT2D eigenvalue weighted by atomic mass is 9.99. The molecule has 0 aliphatic heterocycles. The molecule has 0 aliphatic rings. The van der Waals surface area contributed by atoms with E-state index in [0.717, 1.165) is 11.2 Å². The Morgan fingerprint density at radius 2 is 2.03 bits per heavy atom. The molecule has 0 radical (unpaired) electrons. The molecule has 0 saturated carbocycles. The number of H-pyrrole nitrogens is 2. The molecule has 146 valence electrons. The molecule has 0 spiro atoms. The standard InChI is InChI=1S/C19H18FN9/c1-10-16(12-8-29-9-13(21-2)25-15(29)7-22-12)11-6-24-27-18(11)19(17(10)20)28(3)14-4-5-23-26-14/h4-9,21H,1-3H3,(H,23,26)(H,24,27). The second-order valence-corrected chi connectivity index (χ2v) is 6.74. The van der Waals surface area contributed by atoms with Gasteiger partial charge in [-0.15, -0.1) is 0 Å². The first-order valence-corrected chi connectivity index (χ1v) is 8.99. The number of benzene rings is 1. The van der Waals surface area contributed by atoms with Crippen LogP contribution in [0.2, 0.25) is 0 Å². The fourth-order valence-electron chi connectivity index (χ4n) is 3.60. The van der Waals surface area contributed by atoms with Gasteiger partial charge in [0, 0.05) is 37.3 Å². The van der Waals surface area contributed by atoms with Crippen LogP contribution in [0.5, 0.6) is 0 Å². The Morgan fingerprint density at radius 3 is 2.79 bits per heavy atom. The monoisotopic (exact) mass is 391 g/mol.